The minimum absolute atomic E-state index is 0.305. The second kappa shape index (κ2) is 6.84. The summed E-state index contributed by atoms with van der Waals surface area (Å²) in [7, 11) is 0. The highest BCUT2D eigenvalue weighted by atomic mass is 16.4. The molecule has 0 saturated carbocycles. The molecule has 0 spiro atoms. The summed E-state index contributed by atoms with van der Waals surface area (Å²) in [5.74, 6) is -1.85. The maximum absolute atomic E-state index is 11.1. The molecular weight excluding hydrogens is 328 g/mol. The molecule has 0 fully saturated rings. The Labute approximate surface area is 151 Å². The van der Waals surface area contributed by atoms with Gasteiger partial charge in [0.15, 0.2) is 0 Å². The van der Waals surface area contributed by atoms with Crippen molar-refractivity contribution in [1.82, 2.24) is 0 Å². The van der Waals surface area contributed by atoms with Crippen LogP contribution in [0.15, 0.2) is 60.7 Å². The quantitative estimate of drug-likeness (QED) is 0.694. The van der Waals surface area contributed by atoms with Gasteiger partial charge in [-0.3, -0.25) is 0 Å². The van der Waals surface area contributed by atoms with E-state index in [2.05, 4.69) is 0 Å². The standard InChI is InChI=1S/C22H18O4/c1-13-11-17(7-9-19(13)21(23)24)15-3-5-16(6-4-15)18-8-10-20(22(25)26)14(2)12-18/h3-12H,1-2H3,(H,23,24)(H,25,26). The summed E-state index contributed by atoms with van der Waals surface area (Å²) in [4.78, 5) is 22.3. The minimum atomic E-state index is -0.926. The Balaban J connectivity index is 1.92. The van der Waals surface area contributed by atoms with Gasteiger partial charge in [0.1, 0.15) is 0 Å². The van der Waals surface area contributed by atoms with Crippen molar-refractivity contribution in [2.75, 3.05) is 0 Å². The number of aryl methyl sites for hydroxylation is 2. The van der Waals surface area contributed by atoms with Crippen LogP contribution in [0, 0.1) is 13.8 Å². The predicted molar refractivity (Wildman–Crippen MR) is 101 cm³/mol. The Bertz CT molecular complexity index is 919. The van der Waals surface area contributed by atoms with E-state index in [0.717, 1.165) is 33.4 Å². The highest BCUT2D eigenvalue weighted by Gasteiger charge is 2.10. The minimum Gasteiger partial charge on any atom is -0.478 e. The monoisotopic (exact) mass is 346 g/mol. The lowest BCUT2D eigenvalue weighted by atomic mass is 9.96. The molecule has 4 nitrogen and oxygen atoms in total. The third-order valence-corrected chi connectivity index (χ3v) is 4.47. The van der Waals surface area contributed by atoms with Crippen molar-refractivity contribution in [3.63, 3.8) is 0 Å². The van der Waals surface area contributed by atoms with E-state index in [0.29, 0.717) is 11.1 Å². The molecule has 130 valence electrons. The van der Waals surface area contributed by atoms with E-state index < -0.39 is 11.9 Å². The highest BCUT2D eigenvalue weighted by Crippen LogP contribution is 2.27. The molecule has 3 aromatic rings. The Morgan fingerprint density at radius 1 is 0.577 bits per heavy atom. The Morgan fingerprint density at radius 2 is 0.885 bits per heavy atom. The fourth-order valence-electron chi connectivity index (χ4n) is 3.02. The van der Waals surface area contributed by atoms with Crippen LogP contribution in [0.4, 0.5) is 0 Å². The number of hydrogen-bond acceptors (Lipinski definition) is 2. The number of carboxylic acids is 2. The van der Waals surface area contributed by atoms with Crippen molar-refractivity contribution in [3.8, 4) is 22.3 Å². The summed E-state index contributed by atoms with van der Waals surface area (Å²) in [6, 6.07) is 18.5. The SMILES string of the molecule is Cc1cc(-c2ccc(-c3ccc(C(=O)O)c(C)c3)cc2)ccc1C(=O)O. The summed E-state index contributed by atoms with van der Waals surface area (Å²) in [6.45, 7) is 3.57. The first-order chi connectivity index (χ1) is 12.4. The molecule has 26 heavy (non-hydrogen) atoms. The van der Waals surface area contributed by atoms with Crippen LogP contribution < -0.4 is 0 Å². The molecule has 0 radical (unpaired) electrons. The number of carboxylic acid groups (broad SMARTS) is 2. The fourth-order valence-corrected chi connectivity index (χ4v) is 3.02. The van der Waals surface area contributed by atoms with E-state index in [1.54, 1.807) is 38.1 Å². The third-order valence-electron chi connectivity index (χ3n) is 4.47. The van der Waals surface area contributed by atoms with Crippen molar-refractivity contribution < 1.29 is 19.8 Å². The molecular formula is C22H18O4. The molecule has 0 heterocycles. The van der Waals surface area contributed by atoms with E-state index in [9.17, 15) is 9.59 Å². The summed E-state index contributed by atoms with van der Waals surface area (Å²) >= 11 is 0. The second-order valence-corrected chi connectivity index (χ2v) is 6.25. The average Bonchev–Trinajstić information content (AvgIpc) is 2.61. The number of hydrogen-bond donors (Lipinski definition) is 2. The van der Waals surface area contributed by atoms with Gasteiger partial charge in [-0.15, -0.1) is 0 Å². The first-order valence-electron chi connectivity index (χ1n) is 8.15. The third kappa shape index (κ3) is 3.35. The van der Waals surface area contributed by atoms with Gasteiger partial charge in [0.2, 0.25) is 0 Å². The molecule has 0 aliphatic carbocycles. The van der Waals surface area contributed by atoms with Crippen molar-refractivity contribution in [2.24, 2.45) is 0 Å². The topological polar surface area (TPSA) is 74.6 Å². The number of carbonyl (C=O) groups is 2. The lowest BCUT2D eigenvalue weighted by molar-refractivity contribution is 0.0685. The van der Waals surface area contributed by atoms with E-state index in [-0.39, 0.29) is 0 Å². The second-order valence-electron chi connectivity index (χ2n) is 6.25. The Hall–Kier alpha value is -3.40. The molecule has 0 saturated heterocycles. The van der Waals surface area contributed by atoms with Gasteiger partial charge in [-0.1, -0.05) is 48.5 Å². The first kappa shape index (κ1) is 17.4. The number of benzene rings is 3. The Kier molecular flexibility index (Phi) is 4.59. The van der Waals surface area contributed by atoms with Crippen molar-refractivity contribution in [1.29, 1.82) is 0 Å². The van der Waals surface area contributed by atoms with Crippen molar-refractivity contribution >= 4 is 11.9 Å². The van der Waals surface area contributed by atoms with E-state index in [1.165, 1.54) is 0 Å². The van der Waals surface area contributed by atoms with E-state index >= 15 is 0 Å². The lowest BCUT2D eigenvalue weighted by Crippen LogP contribution is -1.99. The molecule has 0 aliphatic heterocycles. The first-order valence-corrected chi connectivity index (χ1v) is 8.15. The molecule has 3 rings (SSSR count). The van der Waals surface area contributed by atoms with Crippen LogP contribution in [0.3, 0.4) is 0 Å². The Morgan fingerprint density at radius 3 is 1.15 bits per heavy atom. The molecule has 3 aromatic carbocycles. The molecule has 0 unspecified atom stereocenters. The van der Waals surface area contributed by atoms with Crippen LogP contribution in [-0.4, -0.2) is 22.2 Å². The van der Waals surface area contributed by atoms with Crippen LogP contribution >= 0.6 is 0 Å². The maximum atomic E-state index is 11.1. The van der Waals surface area contributed by atoms with Crippen LogP contribution in [0.1, 0.15) is 31.8 Å². The smallest absolute Gasteiger partial charge is 0.335 e. The van der Waals surface area contributed by atoms with Crippen LogP contribution in [0.25, 0.3) is 22.3 Å². The lowest BCUT2D eigenvalue weighted by Gasteiger charge is -2.09. The largest absolute Gasteiger partial charge is 0.478 e. The van der Waals surface area contributed by atoms with Gasteiger partial charge in [-0.05, 0) is 59.4 Å². The van der Waals surface area contributed by atoms with Gasteiger partial charge in [0.05, 0.1) is 11.1 Å². The van der Waals surface area contributed by atoms with E-state index in [4.69, 9.17) is 10.2 Å². The van der Waals surface area contributed by atoms with Gasteiger partial charge in [-0.2, -0.15) is 0 Å². The van der Waals surface area contributed by atoms with Crippen LogP contribution in [0.5, 0.6) is 0 Å². The van der Waals surface area contributed by atoms with Crippen molar-refractivity contribution in [3.05, 3.63) is 82.9 Å². The maximum Gasteiger partial charge on any atom is 0.335 e. The molecule has 0 aromatic heterocycles. The molecule has 0 amide bonds. The summed E-state index contributed by atoms with van der Waals surface area (Å²) in [5.41, 5.74) is 5.95. The normalized spacial score (nSPS) is 10.5. The summed E-state index contributed by atoms with van der Waals surface area (Å²) in [5, 5.41) is 18.3. The summed E-state index contributed by atoms with van der Waals surface area (Å²) < 4.78 is 0. The molecule has 0 atom stereocenters. The molecule has 2 N–H and O–H groups in total. The highest BCUT2D eigenvalue weighted by molar-refractivity contribution is 5.91. The van der Waals surface area contributed by atoms with Gasteiger partial charge in [0, 0.05) is 0 Å². The molecule has 0 aliphatic rings. The van der Waals surface area contributed by atoms with Crippen molar-refractivity contribution in [2.45, 2.75) is 13.8 Å². The predicted octanol–water partition coefficient (Wildman–Crippen LogP) is 5.03. The average molecular weight is 346 g/mol. The van der Waals surface area contributed by atoms with Gasteiger partial charge in [0.25, 0.3) is 0 Å². The fraction of sp³-hybridized carbons (Fsp3) is 0.0909. The number of rotatable bonds is 4. The van der Waals surface area contributed by atoms with Crippen LogP contribution in [0.2, 0.25) is 0 Å². The zero-order valence-corrected chi connectivity index (χ0v) is 14.5. The zero-order valence-electron chi connectivity index (χ0n) is 14.5. The molecule has 0 bridgehead atoms. The van der Waals surface area contributed by atoms with E-state index in [1.807, 2.05) is 36.4 Å². The zero-order chi connectivity index (χ0) is 18.8. The van der Waals surface area contributed by atoms with Gasteiger partial charge >= 0.3 is 11.9 Å². The summed E-state index contributed by atoms with van der Waals surface area (Å²) in [6.07, 6.45) is 0. The van der Waals surface area contributed by atoms with Gasteiger partial charge < -0.3 is 10.2 Å². The molecule has 4 heteroatoms. The number of aromatic carboxylic acids is 2. The van der Waals surface area contributed by atoms with Crippen LogP contribution in [-0.2, 0) is 0 Å². The van der Waals surface area contributed by atoms with Gasteiger partial charge in [-0.25, -0.2) is 9.59 Å².